The van der Waals surface area contributed by atoms with Crippen LogP contribution < -0.4 is 11.2 Å². The predicted molar refractivity (Wildman–Crippen MR) is 113 cm³/mol. The quantitative estimate of drug-likeness (QED) is 0.585. The van der Waals surface area contributed by atoms with Crippen LogP contribution in [-0.2, 0) is 24.4 Å². The van der Waals surface area contributed by atoms with E-state index in [0.717, 1.165) is 18.4 Å². The molecule has 0 N–H and O–H groups in total. The Morgan fingerprint density at radius 2 is 1.82 bits per heavy atom. The molecule has 0 aliphatic rings. The number of benzene rings is 1. The summed E-state index contributed by atoms with van der Waals surface area (Å²) >= 11 is 1.31. The smallest absolute Gasteiger partial charge is 0.332 e. The number of unbranched alkanes of at least 4 members (excludes halogenated alkanes) is 1. The highest BCUT2D eigenvalue weighted by Crippen LogP contribution is 2.16. The van der Waals surface area contributed by atoms with Gasteiger partial charge in [-0.05, 0) is 30.4 Å². The number of amides is 1. The standard InChI is InChI=1S/C21H25N3O3S/c1-3-5-12-23-20(26)19-17(11-13-28-19)24(21(23)27)15-18(25)22(4-2)14-16-9-7-6-8-10-16/h6-11,13H,3-5,12,14-15H2,1-2H3. The zero-order valence-electron chi connectivity index (χ0n) is 16.3. The van der Waals surface area contributed by atoms with E-state index in [2.05, 4.69) is 0 Å². The summed E-state index contributed by atoms with van der Waals surface area (Å²) < 4.78 is 3.23. The molecule has 3 aromatic rings. The van der Waals surface area contributed by atoms with Crippen LogP contribution in [0.3, 0.4) is 0 Å². The van der Waals surface area contributed by atoms with Gasteiger partial charge in [0.25, 0.3) is 5.56 Å². The fourth-order valence-corrected chi connectivity index (χ4v) is 4.06. The third kappa shape index (κ3) is 4.09. The monoisotopic (exact) mass is 399 g/mol. The Hall–Kier alpha value is -2.67. The van der Waals surface area contributed by atoms with E-state index in [1.165, 1.54) is 20.5 Å². The largest absolute Gasteiger partial charge is 0.337 e. The molecule has 7 heteroatoms. The molecule has 0 unspecified atom stereocenters. The maximum Gasteiger partial charge on any atom is 0.332 e. The minimum Gasteiger partial charge on any atom is -0.337 e. The Bertz CT molecular complexity index is 1070. The van der Waals surface area contributed by atoms with Crippen LogP contribution in [-0.4, -0.2) is 26.5 Å². The Morgan fingerprint density at radius 3 is 2.50 bits per heavy atom. The van der Waals surface area contributed by atoms with Crippen molar-refractivity contribution < 1.29 is 4.79 Å². The molecule has 0 saturated carbocycles. The summed E-state index contributed by atoms with van der Waals surface area (Å²) in [5.74, 6) is -0.137. The molecule has 2 heterocycles. The highest BCUT2D eigenvalue weighted by atomic mass is 32.1. The molecular formula is C21H25N3O3S. The summed E-state index contributed by atoms with van der Waals surface area (Å²) in [7, 11) is 0. The van der Waals surface area contributed by atoms with Gasteiger partial charge in [-0.25, -0.2) is 4.79 Å². The topological polar surface area (TPSA) is 64.3 Å². The average Bonchev–Trinajstić information content (AvgIpc) is 3.20. The van der Waals surface area contributed by atoms with E-state index < -0.39 is 5.69 Å². The van der Waals surface area contributed by atoms with Gasteiger partial charge in [0.2, 0.25) is 5.91 Å². The maximum absolute atomic E-state index is 13.0. The van der Waals surface area contributed by atoms with E-state index in [0.29, 0.717) is 29.9 Å². The Labute approximate surface area is 167 Å². The van der Waals surface area contributed by atoms with Gasteiger partial charge in [-0.1, -0.05) is 43.7 Å². The van der Waals surface area contributed by atoms with Gasteiger partial charge in [-0.15, -0.1) is 11.3 Å². The molecule has 28 heavy (non-hydrogen) atoms. The molecule has 1 amide bonds. The lowest BCUT2D eigenvalue weighted by atomic mass is 10.2. The summed E-state index contributed by atoms with van der Waals surface area (Å²) in [6, 6.07) is 11.5. The van der Waals surface area contributed by atoms with E-state index in [9.17, 15) is 14.4 Å². The van der Waals surface area contributed by atoms with Crippen molar-refractivity contribution in [1.82, 2.24) is 14.0 Å². The van der Waals surface area contributed by atoms with Gasteiger partial charge in [0.15, 0.2) is 0 Å². The van der Waals surface area contributed by atoms with Gasteiger partial charge < -0.3 is 4.90 Å². The van der Waals surface area contributed by atoms with Gasteiger partial charge in [-0.2, -0.15) is 0 Å². The molecule has 0 radical (unpaired) electrons. The van der Waals surface area contributed by atoms with Crippen molar-refractivity contribution >= 4 is 27.5 Å². The van der Waals surface area contributed by atoms with Crippen LogP contribution in [0.2, 0.25) is 0 Å². The highest BCUT2D eigenvalue weighted by Gasteiger charge is 2.19. The number of likely N-dealkylation sites (N-methyl/N-ethyl adjacent to an activating group) is 1. The molecule has 0 saturated heterocycles. The fraction of sp³-hybridized carbons (Fsp3) is 0.381. The summed E-state index contributed by atoms with van der Waals surface area (Å²) in [5, 5.41) is 1.79. The summed E-state index contributed by atoms with van der Waals surface area (Å²) in [5.41, 5.74) is 0.910. The Balaban J connectivity index is 1.94. The molecule has 3 rings (SSSR count). The van der Waals surface area contributed by atoms with Crippen molar-refractivity contribution in [1.29, 1.82) is 0 Å². The molecule has 0 aliphatic heterocycles. The van der Waals surface area contributed by atoms with Gasteiger partial charge in [-0.3, -0.25) is 18.7 Å². The molecule has 1 aromatic carbocycles. The van der Waals surface area contributed by atoms with E-state index in [4.69, 9.17) is 0 Å². The predicted octanol–water partition coefficient (Wildman–Crippen LogP) is 3.07. The summed E-state index contributed by atoms with van der Waals surface area (Å²) in [4.78, 5) is 40.3. The number of fused-ring (bicyclic) bond motifs is 1. The van der Waals surface area contributed by atoms with Crippen molar-refractivity contribution in [2.45, 2.75) is 46.3 Å². The molecule has 0 atom stereocenters. The number of carbonyl (C=O) groups is 1. The lowest BCUT2D eigenvalue weighted by molar-refractivity contribution is -0.132. The molecule has 0 bridgehead atoms. The lowest BCUT2D eigenvalue weighted by Crippen LogP contribution is -2.43. The number of aromatic nitrogens is 2. The molecule has 0 spiro atoms. The first kappa shape index (κ1) is 20.1. The van der Waals surface area contributed by atoms with Crippen LogP contribution in [0, 0.1) is 0 Å². The van der Waals surface area contributed by atoms with E-state index in [-0.39, 0.29) is 18.0 Å². The fourth-order valence-electron chi connectivity index (χ4n) is 3.21. The van der Waals surface area contributed by atoms with Crippen molar-refractivity contribution in [3.8, 4) is 0 Å². The average molecular weight is 400 g/mol. The van der Waals surface area contributed by atoms with E-state index in [1.807, 2.05) is 44.2 Å². The third-order valence-corrected chi connectivity index (χ3v) is 5.71. The van der Waals surface area contributed by atoms with Gasteiger partial charge >= 0.3 is 5.69 Å². The van der Waals surface area contributed by atoms with E-state index in [1.54, 1.807) is 16.3 Å². The summed E-state index contributed by atoms with van der Waals surface area (Å²) in [6.07, 6.45) is 1.63. The molecule has 6 nitrogen and oxygen atoms in total. The zero-order chi connectivity index (χ0) is 20.1. The normalized spacial score (nSPS) is 11.1. The van der Waals surface area contributed by atoms with Crippen LogP contribution in [0.4, 0.5) is 0 Å². The number of carbonyl (C=O) groups excluding carboxylic acids is 1. The van der Waals surface area contributed by atoms with Crippen molar-refractivity contribution in [3.05, 3.63) is 68.2 Å². The minimum absolute atomic E-state index is 0.0703. The number of thiophene rings is 1. The minimum atomic E-state index is -0.409. The van der Waals surface area contributed by atoms with Crippen molar-refractivity contribution in [3.63, 3.8) is 0 Å². The first-order chi connectivity index (χ1) is 13.6. The number of hydrogen-bond acceptors (Lipinski definition) is 4. The van der Waals surface area contributed by atoms with Crippen LogP contribution in [0.25, 0.3) is 10.2 Å². The van der Waals surface area contributed by atoms with Crippen LogP contribution in [0.1, 0.15) is 32.3 Å². The first-order valence-electron chi connectivity index (χ1n) is 9.59. The van der Waals surface area contributed by atoms with E-state index >= 15 is 0 Å². The summed E-state index contributed by atoms with van der Waals surface area (Å²) in [6.45, 7) is 5.28. The third-order valence-electron chi connectivity index (χ3n) is 4.82. The zero-order valence-corrected chi connectivity index (χ0v) is 17.1. The van der Waals surface area contributed by atoms with Crippen LogP contribution >= 0.6 is 11.3 Å². The Kier molecular flexibility index (Phi) is 6.46. The second-order valence-electron chi connectivity index (χ2n) is 6.71. The number of hydrogen-bond donors (Lipinski definition) is 0. The Morgan fingerprint density at radius 1 is 1.07 bits per heavy atom. The molecule has 148 valence electrons. The van der Waals surface area contributed by atoms with Crippen LogP contribution in [0.5, 0.6) is 0 Å². The van der Waals surface area contributed by atoms with Gasteiger partial charge in [0.05, 0.1) is 5.52 Å². The lowest BCUT2D eigenvalue weighted by Gasteiger charge is -2.22. The molecular weight excluding hydrogens is 374 g/mol. The van der Waals surface area contributed by atoms with Crippen LogP contribution in [0.15, 0.2) is 51.4 Å². The second-order valence-corrected chi connectivity index (χ2v) is 7.62. The van der Waals surface area contributed by atoms with Crippen molar-refractivity contribution in [2.75, 3.05) is 6.54 Å². The highest BCUT2D eigenvalue weighted by molar-refractivity contribution is 7.17. The molecule has 0 fully saturated rings. The van der Waals surface area contributed by atoms with Gasteiger partial charge in [0, 0.05) is 19.6 Å². The number of rotatable bonds is 8. The first-order valence-corrected chi connectivity index (χ1v) is 10.5. The maximum atomic E-state index is 13.0. The van der Waals surface area contributed by atoms with Crippen molar-refractivity contribution in [2.24, 2.45) is 0 Å². The van der Waals surface area contributed by atoms with Gasteiger partial charge in [0.1, 0.15) is 11.2 Å². The number of nitrogens with zero attached hydrogens (tertiary/aromatic N) is 3. The SMILES string of the molecule is CCCCn1c(=O)c2sccc2n(CC(=O)N(CC)Cc2ccccc2)c1=O. The molecule has 2 aromatic heterocycles. The second kappa shape index (κ2) is 9.01. The molecule has 0 aliphatic carbocycles.